The molecule has 0 amide bonds. The number of para-hydroxylation sites is 1. The molecule has 1 rings (SSSR count). The molecule has 0 atom stereocenters. The SMILES string of the molecule is CCNC(=NCCN(C)CC)N(C)Cc1ccccc1OC.I. The molecule has 1 aromatic rings. The molecule has 0 unspecified atom stereocenters. The largest absolute Gasteiger partial charge is 0.496 e. The predicted molar refractivity (Wildman–Crippen MR) is 109 cm³/mol. The van der Waals surface area contributed by atoms with Crippen molar-refractivity contribution in [3.8, 4) is 5.75 Å². The fourth-order valence-corrected chi connectivity index (χ4v) is 2.12. The summed E-state index contributed by atoms with van der Waals surface area (Å²) >= 11 is 0. The monoisotopic (exact) mass is 434 g/mol. The Hall–Kier alpha value is -1.02. The molecule has 5 nitrogen and oxygen atoms in total. The van der Waals surface area contributed by atoms with Crippen LogP contribution < -0.4 is 10.1 Å². The lowest BCUT2D eigenvalue weighted by molar-refractivity contribution is 0.361. The number of methoxy groups -OCH3 is 1. The van der Waals surface area contributed by atoms with Crippen LogP contribution in [0.3, 0.4) is 0 Å². The van der Waals surface area contributed by atoms with Crippen molar-refractivity contribution in [3.05, 3.63) is 29.8 Å². The Labute approximate surface area is 158 Å². The highest BCUT2D eigenvalue weighted by molar-refractivity contribution is 14.0. The maximum atomic E-state index is 5.42. The number of benzene rings is 1. The van der Waals surface area contributed by atoms with E-state index in [9.17, 15) is 0 Å². The Morgan fingerprint density at radius 3 is 2.52 bits per heavy atom. The molecular formula is C17H31IN4O. The first-order valence-electron chi connectivity index (χ1n) is 7.92. The van der Waals surface area contributed by atoms with Gasteiger partial charge >= 0.3 is 0 Å². The molecule has 0 aliphatic rings. The summed E-state index contributed by atoms with van der Waals surface area (Å²) in [6.45, 7) is 8.67. The number of rotatable bonds is 8. The second kappa shape index (κ2) is 12.4. The zero-order valence-electron chi connectivity index (χ0n) is 15.0. The summed E-state index contributed by atoms with van der Waals surface area (Å²) in [6, 6.07) is 8.10. The first-order chi connectivity index (χ1) is 10.6. The van der Waals surface area contributed by atoms with Crippen LogP contribution in [0.15, 0.2) is 29.3 Å². The van der Waals surface area contributed by atoms with E-state index in [1.807, 2.05) is 18.2 Å². The van der Waals surface area contributed by atoms with E-state index in [2.05, 4.69) is 49.1 Å². The molecular weight excluding hydrogens is 403 g/mol. The van der Waals surface area contributed by atoms with Crippen molar-refractivity contribution >= 4 is 29.9 Å². The summed E-state index contributed by atoms with van der Waals surface area (Å²) in [6.07, 6.45) is 0. The second-order valence-corrected chi connectivity index (χ2v) is 5.30. The van der Waals surface area contributed by atoms with Crippen molar-refractivity contribution in [3.63, 3.8) is 0 Å². The summed E-state index contributed by atoms with van der Waals surface area (Å²) < 4.78 is 5.42. The fraction of sp³-hybridized carbons (Fsp3) is 0.588. The van der Waals surface area contributed by atoms with Gasteiger partial charge in [0.05, 0.1) is 13.7 Å². The molecule has 23 heavy (non-hydrogen) atoms. The van der Waals surface area contributed by atoms with E-state index in [0.29, 0.717) is 0 Å². The summed E-state index contributed by atoms with van der Waals surface area (Å²) in [4.78, 5) is 9.09. The first-order valence-corrected chi connectivity index (χ1v) is 7.92. The van der Waals surface area contributed by atoms with E-state index < -0.39 is 0 Å². The summed E-state index contributed by atoms with van der Waals surface area (Å²) in [7, 11) is 5.87. The maximum absolute atomic E-state index is 5.42. The molecule has 1 N–H and O–H groups in total. The average molecular weight is 434 g/mol. The van der Waals surface area contributed by atoms with Gasteiger partial charge in [-0.2, -0.15) is 0 Å². The molecule has 0 saturated carbocycles. The van der Waals surface area contributed by atoms with Crippen molar-refractivity contribution in [1.82, 2.24) is 15.1 Å². The van der Waals surface area contributed by atoms with Crippen LogP contribution in [0.5, 0.6) is 5.75 Å². The number of guanidine groups is 1. The van der Waals surface area contributed by atoms with Gasteiger partial charge in [-0.05, 0) is 26.6 Å². The summed E-state index contributed by atoms with van der Waals surface area (Å²) in [5.74, 6) is 1.84. The van der Waals surface area contributed by atoms with Crippen molar-refractivity contribution in [2.24, 2.45) is 4.99 Å². The third kappa shape index (κ3) is 7.87. The Balaban J connectivity index is 0.00000484. The van der Waals surface area contributed by atoms with Crippen molar-refractivity contribution in [2.75, 3.05) is 47.4 Å². The highest BCUT2D eigenvalue weighted by Gasteiger charge is 2.09. The number of halogens is 1. The van der Waals surface area contributed by atoms with Crippen LogP contribution >= 0.6 is 24.0 Å². The fourth-order valence-electron chi connectivity index (χ4n) is 2.12. The van der Waals surface area contributed by atoms with E-state index in [0.717, 1.165) is 50.0 Å². The normalized spacial score (nSPS) is 11.1. The molecule has 0 aromatic heterocycles. The lowest BCUT2D eigenvalue weighted by Crippen LogP contribution is -2.39. The van der Waals surface area contributed by atoms with Crippen molar-refractivity contribution in [1.29, 1.82) is 0 Å². The van der Waals surface area contributed by atoms with E-state index in [1.54, 1.807) is 7.11 Å². The molecule has 0 radical (unpaired) electrons. The van der Waals surface area contributed by atoms with Gasteiger partial charge in [0.2, 0.25) is 0 Å². The first kappa shape index (κ1) is 22.0. The highest BCUT2D eigenvalue weighted by Crippen LogP contribution is 2.18. The molecule has 0 bridgehead atoms. The van der Waals surface area contributed by atoms with Crippen LogP contribution in [0.4, 0.5) is 0 Å². The molecule has 132 valence electrons. The Morgan fingerprint density at radius 1 is 1.22 bits per heavy atom. The van der Waals surface area contributed by atoms with Crippen molar-refractivity contribution < 1.29 is 4.74 Å². The van der Waals surface area contributed by atoms with Gasteiger partial charge in [-0.1, -0.05) is 25.1 Å². The van der Waals surface area contributed by atoms with Crippen LogP contribution in [0.1, 0.15) is 19.4 Å². The number of ether oxygens (including phenoxy) is 1. The minimum atomic E-state index is 0. The number of nitrogens with one attached hydrogen (secondary N) is 1. The van der Waals surface area contributed by atoms with Crippen LogP contribution in [0.25, 0.3) is 0 Å². The second-order valence-electron chi connectivity index (χ2n) is 5.30. The van der Waals surface area contributed by atoms with E-state index in [1.165, 1.54) is 0 Å². The third-order valence-electron chi connectivity index (χ3n) is 3.58. The van der Waals surface area contributed by atoms with Gasteiger partial charge in [-0.25, -0.2) is 0 Å². The van der Waals surface area contributed by atoms with E-state index in [4.69, 9.17) is 9.73 Å². The van der Waals surface area contributed by atoms with Gasteiger partial charge in [0, 0.05) is 32.2 Å². The summed E-state index contributed by atoms with van der Waals surface area (Å²) in [5, 5.41) is 3.35. The standard InChI is InChI=1S/C17H30N4O.HI/c1-6-18-17(19-12-13-20(3)7-2)21(4)14-15-10-8-9-11-16(15)22-5;/h8-11H,6-7,12-14H2,1-5H3,(H,18,19);1H. The Morgan fingerprint density at radius 2 is 1.91 bits per heavy atom. The molecule has 0 saturated heterocycles. The van der Waals surface area contributed by atoms with Gasteiger partial charge < -0.3 is 19.9 Å². The minimum absolute atomic E-state index is 0. The molecule has 0 aliphatic carbocycles. The number of hydrogen-bond acceptors (Lipinski definition) is 3. The van der Waals surface area contributed by atoms with Crippen molar-refractivity contribution in [2.45, 2.75) is 20.4 Å². The molecule has 0 heterocycles. The lowest BCUT2D eigenvalue weighted by atomic mass is 10.2. The van der Waals surface area contributed by atoms with Gasteiger partial charge in [0.1, 0.15) is 5.75 Å². The molecule has 1 aromatic carbocycles. The van der Waals surface area contributed by atoms with E-state index >= 15 is 0 Å². The number of nitrogens with zero attached hydrogens (tertiary/aromatic N) is 3. The smallest absolute Gasteiger partial charge is 0.194 e. The van der Waals surface area contributed by atoms with Crippen LogP contribution in [-0.4, -0.2) is 63.1 Å². The number of aliphatic imine (C=N–C) groups is 1. The molecule has 6 heteroatoms. The van der Waals surface area contributed by atoms with Gasteiger partial charge in [-0.15, -0.1) is 24.0 Å². The molecule has 0 aliphatic heterocycles. The zero-order valence-corrected chi connectivity index (χ0v) is 17.3. The van der Waals surface area contributed by atoms with Crippen LogP contribution in [0, 0.1) is 0 Å². The lowest BCUT2D eigenvalue weighted by Gasteiger charge is -2.23. The van der Waals surface area contributed by atoms with Gasteiger partial charge in [0.15, 0.2) is 5.96 Å². The minimum Gasteiger partial charge on any atom is -0.496 e. The summed E-state index contributed by atoms with van der Waals surface area (Å²) in [5.41, 5.74) is 1.16. The molecule has 0 spiro atoms. The zero-order chi connectivity index (χ0) is 16.4. The van der Waals surface area contributed by atoms with Gasteiger partial charge in [0.25, 0.3) is 0 Å². The number of hydrogen-bond donors (Lipinski definition) is 1. The quantitative estimate of drug-likeness (QED) is 0.388. The number of likely N-dealkylation sites (N-methyl/N-ethyl adjacent to an activating group) is 1. The highest BCUT2D eigenvalue weighted by atomic mass is 127. The topological polar surface area (TPSA) is 40.1 Å². The maximum Gasteiger partial charge on any atom is 0.194 e. The average Bonchev–Trinajstić information content (AvgIpc) is 2.54. The van der Waals surface area contributed by atoms with Gasteiger partial charge in [-0.3, -0.25) is 4.99 Å². The Kier molecular flexibility index (Phi) is 11.9. The van der Waals surface area contributed by atoms with Crippen LogP contribution in [-0.2, 0) is 6.54 Å². The van der Waals surface area contributed by atoms with Crippen LogP contribution in [0.2, 0.25) is 0 Å². The third-order valence-corrected chi connectivity index (χ3v) is 3.58. The predicted octanol–water partition coefficient (Wildman–Crippen LogP) is 2.66. The van der Waals surface area contributed by atoms with E-state index in [-0.39, 0.29) is 24.0 Å². The Bertz CT molecular complexity index is 468. The molecule has 0 fully saturated rings.